The number of rotatable bonds is 2. The molecule has 1 aromatic carbocycles. The number of aromatic amines is 1. The fourth-order valence-corrected chi connectivity index (χ4v) is 1.72. The third-order valence-electron chi connectivity index (χ3n) is 2.58. The molecule has 0 spiro atoms. The van der Waals surface area contributed by atoms with Gasteiger partial charge in [-0.3, -0.25) is 0 Å². The SMILES string of the molecule is N#Cc1ccc(-c2nc(-c3cc(F)cc(F)c3)no2)[nH]1. The number of hydrogen-bond acceptors (Lipinski definition) is 4. The van der Waals surface area contributed by atoms with Crippen LogP contribution in [0.2, 0.25) is 0 Å². The quantitative estimate of drug-likeness (QED) is 0.778. The second-order valence-electron chi connectivity index (χ2n) is 3.98. The van der Waals surface area contributed by atoms with Crippen molar-refractivity contribution >= 4 is 0 Å². The Morgan fingerprint density at radius 3 is 2.55 bits per heavy atom. The van der Waals surface area contributed by atoms with Crippen molar-refractivity contribution in [2.45, 2.75) is 0 Å². The van der Waals surface area contributed by atoms with Gasteiger partial charge in [-0.25, -0.2) is 8.78 Å². The third-order valence-corrected chi connectivity index (χ3v) is 2.58. The van der Waals surface area contributed by atoms with Crippen LogP contribution in [0.5, 0.6) is 0 Å². The van der Waals surface area contributed by atoms with Gasteiger partial charge in [0.2, 0.25) is 5.82 Å². The lowest BCUT2D eigenvalue weighted by Crippen LogP contribution is -1.86. The molecule has 0 bridgehead atoms. The van der Waals surface area contributed by atoms with Gasteiger partial charge in [-0.2, -0.15) is 10.2 Å². The molecule has 0 saturated heterocycles. The first kappa shape index (κ1) is 12.0. The number of hydrogen-bond donors (Lipinski definition) is 1. The molecule has 3 rings (SSSR count). The number of H-pyrrole nitrogens is 1. The van der Waals surface area contributed by atoms with Crippen molar-refractivity contribution in [2.24, 2.45) is 0 Å². The standard InChI is InChI=1S/C13H6F2N4O/c14-8-3-7(4-9(15)5-8)12-18-13(20-19-12)11-2-1-10(6-16)17-11/h1-5,17H. The Kier molecular flexibility index (Phi) is 2.76. The summed E-state index contributed by atoms with van der Waals surface area (Å²) >= 11 is 0. The molecule has 0 fully saturated rings. The average Bonchev–Trinajstić information content (AvgIpc) is 3.06. The van der Waals surface area contributed by atoms with E-state index in [-0.39, 0.29) is 17.3 Å². The van der Waals surface area contributed by atoms with Crippen molar-refractivity contribution in [2.75, 3.05) is 0 Å². The van der Waals surface area contributed by atoms with Gasteiger partial charge in [0.25, 0.3) is 5.89 Å². The minimum Gasteiger partial charge on any atom is -0.342 e. The van der Waals surface area contributed by atoms with Crippen molar-refractivity contribution < 1.29 is 13.3 Å². The van der Waals surface area contributed by atoms with Crippen LogP contribution in [0.25, 0.3) is 23.0 Å². The molecule has 0 aliphatic carbocycles. The van der Waals surface area contributed by atoms with Crippen LogP contribution in [0.15, 0.2) is 34.9 Å². The molecule has 0 unspecified atom stereocenters. The van der Waals surface area contributed by atoms with Gasteiger partial charge in [0.1, 0.15) is 29.1 Å². The zero-order chi connectivity index (χ0) is 14.1. The van der Waals surface area contributed by atoms with Gasteiger partial charge in [-0.05, 0) is 24.3 Å². The number of nitrogens with one attached hydrogen (secondary N) is 1. The second-order valence-corrected chi connectivity index (χ2v) is 3.98. The molecule has 0 atom stereocenters. The smallest absolute Gasteiger partial charge is 0.274 e. The highest BCUT2D eigenvalue weighted by atomic mass is 19.1. The van der Waals surface area contributed by atoms with Crippen LogP contribution in [0.4, 0.5) is 8.78 Å². The normalized spacial score (nSPS) is 10.4. The molecule has 7 heteroatoms. The van der Waals surface area contributed by atoms with E-state index < -0.39 is 11.6 Å². The van der Waals surface area contributed by atoms with E-state index in [9.17, 15) is 8.78 Å². The van der Waals surface area contributed by atoms with Crippen LogP contribution in [-0.2, 0) is 0 Å². The van der Waals surface area contributed by atoms with E-state index in [0.717, 1.165) is 18.2 Å². The first-order valence-electron chi connectivity index (χ1n) is 5.55. The molecule has 0 aliphatic heterocycles. The predicted molar refractivity (Wildman–Crippen MR) is 64.2 cm³/mol. The number of halogens is 2. The van der Waals surface area contributed by atoms with E-state index in [1.165, 1.54) is 0 Å². The zero-order valence-electron chi connectivity index (χ0n) is 9.89. The maximum Gasteiger partial charge on any atom is 0.274 e. The summed E-state index contributed by atoms with van der Waals surface area (Å²) in [6, 6.07) is 8.05. The van der Waals surface area contributed by atoms with Gasteiger partial charge >= 0.3 is 0 Å². The van der Waals surface area contributed by atoms with Crippen molar-refractivity contribution in [1.82, 2.24) is 15.1 Å². The molecule has 20 heavy (non-hydrogen) atoms. The van der Waals surface area contributed by atoms with Crippen molar-refractivity contribution in [3.8, 4) is 29.0 Å². The molecule has 98 valence electrons. The van der Waals surface area contributed by atoms with E-state index in [1.54, 1.807) is 12.1 Å². The van der Waals surface area contributed by atoms with Gasteiger partial charge in [0.15, 0.2) is 0 Å². The van der Waals surface area contributed by atoms with Gasteiger partial charge < -0.3 is 9.51 Å². The van der Waals surface area contributed by atoms with Crippen molar-refractivity contribution in [3.63, 3.8) is 0 Å². The summed E-state index contributed by atoms with van der Waals surface area (Å²) in [6.45, 7) is 0. The highest BCUT2D eigenvalue weighted by Crippen LogP contribution is 2.23. The maximum absolute atomic E-state index is 13.1. The molecule has 2 aromatic heterocycles. The molecule has 0 aliphatic rings. The van der Waals surface area contributed by atoms with E-state index in [1.807, 2.05) is 6.07 Å². The first-order valence-corrected chi connectivity index (χ1v) is 5.55. The molecule has 1 N–H and O–H groups in total. The first-order chi connectivity index (χ1) is 9.65. The van der Waals surface area contributed by atoms with Crippen LogP contribution in [0, 0.1) is 23.0 Å². The van der Waals surface area contributed by atoms with Crippen LogP contribution in [-0.4, -0.2) is 15.1 Å². The lowest BCUT2D eigenvalue weighted by atomic mass is 10.2. The monoisotopic (exact) mass is 272 g/mol. The molecule has 0 radical (unpaired) electrons. The molecular weight excluding hydrogens is 266 g/mol. The Morgan fingerprint density at radius 2 is 1.90 bits per heavy atom. The Bertz CT molecular complexity index is 796. The summed E-state index contributed by atoms with van der Waals surface area (Å²) in [5.74, 6) is -1.26. The fourth-order valence-electron chi connectivity index (χ4n) is 1.72. The summed E-state index contributed by atoms with van der Waals surface area (Å²) in [6.07, 6.45) is 0. The minimum atomic E-state index is -0.724. The summed E-state index contributed by atoms with van der Waals surface area (Å²) in [5, 5.41) is 12.4. The average molecular weight is 272 g/mol. The Morgan fingerprint density at radius 1 is 1.15 bits per heavy atom. The predicted octanol–water partition coefficient (Wildman–Crippen LogP) is 2.88. The molecule has 0 saturated carbocycles. The van der Waals surface area contributed by atoms with Crippen LogP contribution >= 0.6 is 0 Å². The maximum atomic E-state index is 13.1. The third kappa shape index (κ3) is 2.14. The lowest BCUT2D eigenvalue weighted by Gasteiger charge is -1.95. The number of nitrogens with zero attached hydrogens (tertiary/aromatic N) is 3. The van der Waals surface area contributed by atoms with Gasteiger partial charge in [0, 0.05) is 11.6 Å². The summed E-state index contributed by atoms with van der Waals surface area (Å²) in [7, 11) is 0. The van der Waals surface area contributed by atoms with Gasteiger partial charge in [-0.1, -0.05) is 5.16 Å². The van der Waals surface area contributed by atoms with E-state index in [4.69, 9.17) is 9.78 Å². The van der Waals surface area contributed by atoms with Gasteiger partial charge in [-0.15, -0.1) is 0 Å². The van der Waals surface area contributed by atoms with Crippen molar-refractivity contribution in [3.05, 3.63) is 47.7 Å². The number of nitriles is 1. The Hall–Kier alpha value is -3.01. The summed E-state index contributed by atoms with van der Waals surface area (Å²) < 4.78 is 31.2. The largest absolute Gasteiger partial charge is 0.342 e. The molecule has 0 amide bonds. The van der Waals surface area contributed by atoms with E-state index >= 15 is 0 Å². The van der Waals surface area contributed by atoms with E-state index in [2.05, 4.69) is 15.1 Å². The number of aromatic nitrogens is 3. The number of benzene rings is 1. The molecular formula is C13H6F2N4O. The van der Waals surface area contributed by atoms with Crippen molar-refractivity contribution in [1.29, 1.82) is 5.26 Å². The Labute approximate surface area is 111 Å². The fraction of sp³-hybridized carbons (Fsp3) is 0. The summed E-state index contributed by atoms with van der Waals surface area (Å²) in [4.78, 5) is 6.79. The highest BCUT2D eigenvalue weighted by Gasteiger charge is 2.13. The molecule has 3 aromatic rings. The molecule has 5 nitrogen and oxygen atoms in total. The topological polar surface area (TPSA) is 78.5 Å². The van der Waals surface area contributed by atoms with Crippen LogP contribution in [0.3, 0.4) is 0 Å². The highest BCUT2D eigenvalue weighted by molar-refractivity contribution is 5.58. The van der Waals surface area contributed by atoms with Gasteiger partial charge in [0.05, 0.1) is 0 Å². The zero-order valence-corrected chi connectivity index (χ0v) is 9.89. The molecule has 2 heterocycles. The minimum absolute atomic E-state index is 0.0616. The second kappa shape index (κ2) is 4.59. The lowest BCUT2D eigenvalue weighted by molar-refractivity contribution is 0.431. The van der Waals surface area contributed by atoms with Crippen LogP contribution in [0.1, 0.15) is 5.69 Å². The summed E-state index contributed by atoms with van der Waals surface area (Å²) in [5.41, 5.74) is 0.971. The van der Waals surface area contributed by atoms with E-state index in [0.29, 0.717) is 11.4 Å². The van der Waals surface area contributed by atoms with Crippen LogP contribution < -0.4 is 0 Å². The Balaban J connectivity index is 1.99.